The Labute approximate surface area is 138 Å². The topological polar surface area (TPSA) is 115 Å². The van der Waals surface area contributed by atoms with Gasteiger partial charge in [0.15, 0.2) is 0 Å². The lowest BCUT2D eigenvalue weighted by atomic mass is 9.95. The maximum absolute atomic E-state index is 12.5. The summed E-state index contributed by atoms with van der Waals surface area (Å²) >= 11 is 1.48. The molecule has 3 rings (SSSR count). The zero-order valence-electron chi connectivity index (χ0n) is 12.3. The molecule has 0 atom stereocenters. The first-order valence-electron chi connectivity index (χ1n) is 7.20. The maximum Gasteiger partial charge on any atom is 0.258 e. The fourth-order valence-corrected chi connectivity index (χ4v) is 4.43. The second kappa shape index (κ2) is 5.95. The highest BCUT2D eigenvalue weighted by atomic mass is 32.2. The van der Waals surface area contributed by atoms with E-state index in [-0.39, 0.29) is 10.8 Å². The van der Waals surface area contributed by atoms with E-state index in [9.17, 15) is 13.2 Å². The van der Waals surface area contributed by atoms with Crippen LogP contribution >= 0.6 is 11.3 Å². The Bertz CT molecular complexity index is 855. The summed E-state index contributed by atoms with van der Waals surface area (Å²) in [5, 5.41) is 8.35. The van der Waals surface area contributed by atoms with Gasteiger partial charge in [-0.2, -0.15) is 0 Å². The number of carbonyl (C=O) groups excluding carboxylic acids is 1. The quantitative estimate of drug-likeness (QED) is 0.785. The molecule has 1 amide bonds. The van der Waals surface area contributed by atoms with E-state index in [1.54, 1.807) is 0 Å². The zero-order valence-corrected chi connectivity index (χ0v) is 14.0. The number of anilines is 2. The third kappa shape index (κ3) is 3.24. The van der Waals surface area contributed by atoms with Crippen molar-refractivity contribution in [1.29, 1.82) is 0 Å². The summed E-state index contributed by atoms with van der Waals surface area (Å²) < 4.78 is 22.5. The smallest absolute Gasteiger partial charge is 0.258 e. The lowest BCUT2D eigenvalue weighted by molar-refractivity contribution is 0.102. The predicted octanol–water partition coefficient (Wildman–Crippen LogP) is 2.11. The minimum absolute atomic E-state index is 0.00271. The molecule has 0 aliphatic heterocycles. The molecule has 0 saturated heterocycles. The van der Waals surface area contributed by atoms with Gasteiger partial charge in [-0.1, -0.05) is 0 Å². The lowest BCUT2D eigenvalue weighted by Crippen LogP contribution is -2.16. The van der Waals surface area contributed by atoms with Gasteiger partial charge in [0.2, 0.25) is 10.0 Å². The van der Waals surface area contributed by atoms with Crippen LogP contribution in [0.3, 0.4) is 0 Å². The van der Waals surface area contributed by atoms with Gasteiger partial charge in [0.1, 0.15) is 0 Å². The molecule has 5 N–H and O–H groups in total. The molecule has 1 aromatic carbocycles. The summed E-state index contributed by atoms with van der Waals surface area (Å²) in [6, 6.07) is 5.73. The van der Waals surface area contributed by atoms with E-state index in [0.29, 0.717) is 16.3 Å². The van der Waals surface area contributed by atoms with Crippen LogP contribution in [0.25, 0.3) is 0 Å². The molecule has 6 nitrogen and oxygen atoms in total. The van der Waals surface area contributed by atoms with E-state index in [1.807, 2.05) is 0 Å². The molecule has 0 spiro atoms. The summed E-state index contributed by atoms with van der Waals surface area (Å²) in [7, 11) is -3.74. The van der Waals surface area contributed by atoms with Crippen LogP contribution in [0.15, 0.2) is 29.2 Å². The number of thiophene rings is 1. The number of benzene rings is 1. The van der Waals surface area contributed by atoms with E-state index in [2.05, 4.69) is 5.32 Å². The number of carbonyl (C=O) groups is 1. The first-order chi connectivity index (χ1) is 10.9. The lowest BCUT2D eigenvalue weighted by Gasteiger charge is -2.13. The number of nitrogens with two attached hydrogens (primary N) is 2. The molecule has 1 aromatic heterocycles. The minimum Gasteiger partial charge on any atom is -0.390 e. The fraction of sp³-hybridized carbons (Fsp3) is 0.267. The van der Waals surface area contributed by atoms with Crippen LogP contribution in [0, 0.1) is 0 Å². The fourth-order valence-electron chi connectivity index (χ4n) is 2.76. The Morgan fingerprint density at radius 1 is 1.13 bits per heavy atom. The molecule has 0 fully saturated rings. The Morgan fingerprint density at radius 2 is 1.78 bits per heavy atom. The van der Waals surface area contributed by atoms with Crippen LogP contribution in [0.5, 0.6) is 0 Å². The van der Waals surface area contributed by atoms with Crippen LogP contribution in [-0.4, -0.2) is 14.3 Å². The molecule has 0 saturated carbocycles. The summed E-state index contributed by atoms with van der Waals surface area (Å²) in [4.78, 5) is 13.7. The number of nitrogens with one attached hydrogen (secondary N) is 1. The highest BCUT2D eigenvalue weighted by molar-refractivity contribution is 7.89. The van der Waals surface area contributed by atoms with Gasteiger partial charge in [0.25, 0.3) is 5.91 Å². The zero-order chi connectivity index (χ0) is 16.6. The molecule has 23 heavy (non-hydrogen) atoms. The van der Waals surface area contributed by atoms with Crippen LogP contribution in [0.4, 0.5) is 10.7 Å². The molecule has 1 aliphatic carbocycles. The van der Waals surface area contributed by atoms with Gasteiger partial charge in [0.05, 0.1) is 15.5 Å². The molecule has 0 bridgehead atoms. The second-order valence-corrected chi connectivity index (χ2v) is 8.17. The van der Waals surface area contributed by atoms with Crippen molar-refractivity contribution in [2.24, 2.45) is 5.14 Å². The van der Waals surface area contributed by atoms with E-state index in [1.165, 1.54) is 40.5 Å². The highest BCUT2D eigenvalue weighted by Crippen LogP contribution is 2.36. The van der Waals surface area contributed by atoms with Crippen LogP contribution in [-0.2, 0) is 22.9 Å². The molecular formula is C15H17N3O3S2. The Balaban J connectivity index is 1.84. The first kappa shape index (κ1) is 16.0. The van der Waals surface area contributed by atoms with E-state index >= 15 is 0 Å². The molecule has 8 heteroatoms. The van der Waals surface area contributed by atoms with Crippen LogP contribution in [0.2, 0.25) is 0 Å². The van der Waals surface area contributed by atoms with Crippen molar-refractivity contribution >= 4 is 38.0 Å². The van der Waals surface area contributed by atoms with Crippen LogP contribution < -0.4 is 16.2 Å². The average molecular weight is 351 g/mol. The molecule has 0 unspecified atom stereocenters. The Morgan fingerprint density at radius 3 is 2.43 bits per heavy atom. The molecular weight excluding hydrogens is 334 g/mol. The third-order valence-corrected chi connectivity index (χ3v) is 5.92. The number of fused-ring (bicyclic) bond motifs is 1. The third-order valence-electron chi connectivity index (χ3n) is 3.87. The van der Waals surface area contributed by atoms with E-state index < -0.39 is 10.0 Å². The van der Waals surface area contributed by atoms with Gasteiger partial charge in [0, 0.05) is 10.6 Å². The number of nitrogen functional groups attached to an aromatic ring is 1. The SMILES string of the molecule is Nc1sc2c(c1C(=O)Nc1ccc(S(N)(=O)=O)cc1)CCCC2. The Hall–Kier alpha value is -1.90. The van der Waals surface area contributed by atoms with Gasteiger partial charge in [-0.25, -0.2) is 13.6 Å². The second-order valence-electron chi connectivity index (χ2n) is 5.47. The van der Waals surface area contributed by atoms with E-state index in [0.717, 1.165) is 31.2 Å². The number of primary sulfonamides is 1. The Kier molecular flexibility index (Phi) is 4.13. The largest absolute Gasteiger partial charge is 0.390 e. The highest BCUT2D eigenvalue weighted by Gasteiger charge is 2.24. The molecule has 1 heterocycles. The van der Waals surface area contributed by atoms with Crippen molar-refractivity contribution in [3.05, 3.63) is 40.3 Å². The molecule has 2 aromatic rings. The van der Waals surface area contributed by atoms with Gasteiger partial charge < -0.3 is 11.1 Å². The summed E-state index contributed by atoms with van der Waals surface area (Å²) in [6.45, 7) is 0. The number of sulfonamides is 1. The predicted molar refractivity (Wildman–Crippen MR) is 91.1 cm³/mol. The standard InChI is InChI=1S/C15H17N3O3S2/c16-14-13(11-3-1-2-4-12(11)22-14)15(19)18-9-5-7-10(8-6-9)23(17,20)21/h5-8H,1-4,16H2,(H,18,19)(H2,17,20,21). The maximum atomic E-state index is 12.5. The molecule has 122 valence electrons. The van der Waals surface area contributed by atoms with Gasteiger partial charge in [-0.05, 0) is 55.5 Å². The number of hydrogen-bond donors (Lipinski definition) is 3. The number of aryl methyl sites for hydroxylation is 1. The summed E-state index contributed by atoms with van der Waals surface area (Å²) in [5.74, 6) is -0.259. The van der Waals surface area contributed by atoms with Crippen LogP contribution in [0.1, 0.15) is 33.6 Å². The van der Waals surface area contributed by atoms with E-state index in [4.69, 9.17) is 10.9 Å². The average Bonchev–Trinajstić information content (AvgIpc) is 2.82. The summed E-state index contributed by atoms with van der Waals surface area (Å²) in [5.41, 5.74) is 8.13. The van der Waals surface area contributed by atoms with Crippen molar-refractivity contribution in [3.63, 3.8) is 0 Å². The van der Waals surface area contributed by atoms with Crippen molar-refractivity contribution in [3.8, 4) is 0 Å². The monoisotopic (exact) mass is 351 g/mol. The van der Waals surface area contributed by atoms with Crippen molar-refractivity contribution < 1.29 is 13.2 Å². The first-order valence-corrected chi connectivity index (χ1v) is 9.57. The van der Waals surface area contributed by atoms with Gasteiger partial charge in [-0.3, -0.25) is 4.79 Å². The number of rotatable bonds is 3. The normalized spacial score (nSPS) is 14.3. The van der Waals surface area contributed by atoms with Gasteiger partial charge in [-0.15, -0.1) is 11.3 Å². The van der Waals surface area contributed by atoms with Crippen molar-refractivity contribution in [2.75, 3.05) is 11.1 Å². The minimum atomic E-state index is -3.74. The molecule has 0 radical (unpaired) electrons. The summed E-state index contributed by atoms with van der Waals surface area (Å²) in [6.07, 6.45) is 4.03. The van der Waals surface area contributed by atoms with Crippen molar-refractivity contribution in [2.45, 2.75) is 30.6 Å². The number of hydrogen-bond acceptors (Lipinski definition) is 5. The molecule has 1 aliphatic rings. The van der Waals surface area contributed by atoms with Crippen molar-refractivity contribution in [1.82, 2.24) is 0 Å². The number of amides is 1. The van der Waals surface area contributed by atoms with Gasteiger partial charge >= 0.3 is 0 Å².